The number of hydrogen-bond acceptors (Lipinski definition) is 3. The summed E-state index contributed by atoms with van der Waals surface area (Å²) in [6.45, 7) is 4.28. The molecule has 0 bridgehead atoms. The number of thioether (sulfide) groups is 1. The van der Waals surface area contributed by atoms with Gasteiger partial charge >= 0.3 is 0 Å². The molecule has 0 aromatic carbocycles. The minimum Gasteiger partial charge on any atom is -0.372 e. The summed E-state index contributed by atoms with van der Waals surface area (Å²) in [6, 6.07) is 0. The Morgan fingerprint density at radius 3 is 2.73 bits per heavy atom. The minimum atomic E-state index is -0.120. The summed E-state index contributed by atoms with van der Waals surface area (Å²) in [5.41, 5.74) is 0.0258. The van der Waals surface area contributed by atoms with Crippen molar-refractivity contribution in [1.82, 2.24) is 0 Å². The summed E-state index contributed by atoms with van der Waals surface area (Å²) in [7, 11) is 0. The molecule has 2 nitrogen and oxygen atoms in total. The third-order valence-corrected chi connectivity index (χ3v) is 5.01. The Hall–Kier alpha value is -0.0200. The quantitative estimate of drug-likeness (QED) is 0.695. The lowest BCUT2D eigenvalue weighted by atomic mass is 9.95. The Bertz CT molecular complexity index is 244. The number of hydrogen-bond donors (Lipinski definition) is 0. The third-order valence-electron chi connectivity index (χ3n) is 3.48. The highest BCUT2D eigenvalue weighted by molar-refractivity contribution is 8.01. The Labute approximate surface area is 96.1 Å². The van der Waals surface area contributed by atoms with Crippen LogP contribution in [0.2, 0.25) is 0 Å². The molecule has 0 aliphatic carbocycles. The van der Waals surface area contributed by atoms with Crippen LogP contribution >= 0.6 is 11.8 Å². The van der Waals surface area contributed by atoms with Crippen LogP contribution in [0.3, 0.4) is 0 Å². The van der Waals surface area contributed by atoms with Gasteiger partial charge in [-0.1, -0.05) is 0 Å². The van der Waals surface area contributed by atoms with Crippen LogP contribution in [0.5, 0.6) is 0 Å². The lowest BCUT2D eigenvalue weighted by Crippen LogP contribution is -2.30. The van der Waals surface area contributed by atoms with Crippen molar-refractivity contribution in [3.63, 3.8) is 0 Å². The van der Waals surface area contributed by atoms with Crippen molar-refractivity contribution in [1.29, 1.82) is 0 Å². The summed E-state index contributed by atoms with van der Waals surface area (Å²) >= 11 is 1.83. The van der Waals surface area contributed by atoms with Crippen LogP contribution in [-0.4, -0.2) is 28.5 Å². The zero-order valence-corrected chi connectivity index (χ0v) is 10.4. The zero-order chi connectivity index (χ0) is 10.9. The molecule has 2 fully saturated rings. The summed E-state index contributed by atoms with van der Waals surface area (Å²) < 4.78 is 5.85. The van der Waals surface area contributed by atoms with Crippen molar-refractivity contribution in [3.05, 3.63) is 0 Å². The normalized spacial score (nSPS) is 39.5. The first-order valence-corrected chi connectivity index (χ1v) is 6.82. The molecule has 0 aromatic rings. The molecule has 2 aliphatic heterocycles. The second kappa shape index (κ2) is 4.10. The van der Waals surface area contributed by atoms with Gasteiger partial charge in [-0.2, -0.15) is 0 Å². The lowest BCUT2D eigenvalue weighted by Gasteiger charge is -2.26. The summed E-state index contributed by atoms with van der Waals surface area (Å²) in [6.07, 6.45) is 6.85. The van der Waals surface area contributed by atoms with E-state index in [-0.39, 0.29) is 10.3 Å². The molecular formula is C12H20O2S. The Morgan fingerprint density at radius 1 is 1.47 bits per heavy atom. The molecule has 0 N–H and O–H groups in total. The van der Waals surface area contributed by atoms with Gasteiger partial charge in [0.25, 0.3) is 0 Å². The molecule has 86 valence electrons. The van der Waals surface area contributed by atoms with Gasteiger partial charge in [-0.3, -0.25) is 0 Å². The molecule has 3 heteroatoms. The highest BCUT2D eigenvalue weighted by atomic mass is 32.2. The second-order valence-electron chi connectivity index (χ2n) is 5.38. The Balaban J connectivity index is 1.94. The number of rotatable bonds is 3. The van der Waals surface area contributed by atoms with Gasteiger partial charge in [0.15, 0.2) is 0 Å². The maximum absolute atomic E-state index is 11.2. The molecule has 2 rings (SSSR count). The minimum absolute atomic E-state index is 0.0258. The van der Waals surface area contributed by atoms with E-state index < -0.39 is 0 Å². The maximum atomic E-state index is 11.2. The van der Waals surface area contributed by atoms with Gasteiger partial charge in [0.05, 0.1) is 16.5 Å². The van der Waals surface area contributed by atoms with Crippen LogP contribution in [0.4, 0.5) is 0 Å². The van der Waals surface area contributed by atoms with Crippen LogP contribution in [0.15, 0.2) is 0 Å². The van der Waals surface area contributed by atoms with Crippen molar-refractivity contribution < 1.29 is 9.53 Å². The van der Waals surface area contributed by atoms with E-state index in [4.69, 9.17) is 4.74 Å². The molecule has 0 aromatic heterocycles. The van der Waals surface area contributed by atoms with Crippen molar-refractivity contribution in [2.45, 2.75) is 62.4 Å². The first-order valence-electron chi connectivity index (χ1n) is 5.83. The highest BCUT2D eigenvalue weighted by Crippen LogP contribution is 2.43. The molecule has 0 saturated carbocycles. The van der Waals surface area contributed by atoms with E-state index in [1.54, 1.807) is 0 Å². The average molecular weight is 228 g/mol. The van der Waals surface area contributed by atoms with Crippen molar-refractivity contribution in [2.24, 2.45) is 0 Å². The Kier molecular flexibility index (Phi) is 3.13. The lowest BCUT2D eigenvalue weighted by molar-refractivity contribution is -0.111. The van der Waals surface area contributed by atoms with Gasteiger partial charge in [0.1, 0.15) is 6.29 Å². The van der Waals surface area contributed by atoms with E-state index in [9.17, 15) is 4.79 Å². The van der Waals surface area contributed by atoms with Crippen LogP contribution in [-0.2, 0) is 9.53 Å². The fourth-order valence-electron chi connectivity index (χ4n) is 2.63. The summed E-state index contributed by atoms with van der Waals surface area (Å²) in [5, 5.41) is 0. The van der Waals surface area contributed by atoms with Crippen LogP contribution in [0, 0.1) is 0 Å². The van der Waals surface area contributed by atoms with Crippen molar-refractivity contribution in [2.75, 3.05) is 5.75 Å². The Morgan fingerprint density at radius 2 is 2.27 bits per heavy atom. The summed E-state index contributed by atoms with van der Waals surface area (Å²) in [4.78, 5) is 11.2. The van der Waals surface area contributed by atoms with Crippen LogP contribution in [0.1, 0.15) is 46.0 Å². The predicted molar refractivity (Wildman–Crippen MR) is 63.3 cm³/mol. The molecule has 2 heterocycles. The first-order chi connectivity index (χ1) is 7.05. The molecule has 15 heavy (non-hydrogen) atoms. The number of carbonyl (C=O) groups excluding carboxylic acids is 1. The van der Waals surface area contributed by atoms with E-state index in [0.717, 1.165) is 31.4 Å². The van der Waals surface area contributed by atoms with E-state index in [1.165, 1.54) is 12.7 Å². The van der Waals surface area contributed by atoms with Gasteiger partial charge in [0, 0.05) is 0 Å². The second-order valence-corrected chi connectivity index (χ2v) is 6.89. The fourth-order valence-corrected chi connectivity index (χ4v) is 3.98. The number of carbonyl (C=O) groups is 1. The van der Waals surface area contributed by atoms with Gasteiger partial charge in [-0.15, -0.1) is 11.8 Å². The summed E-state index contributed by atoms with van der Waals surface area (Å²) in [5.74, 6) is 1.13. The van der Waals surface area contributed by atoms with Gasteiger partial charge in [-0.05, 0) is 51.7 Å². The number of aldehydes is 1. The molecule has 2 unspecified atom stereocenters. The number of ether oxygens (including phenoxy) is 1. The topological polar surface area (TPSA) is 26.3 Å². The third kappa shape index (κ3) is 2.56. The highest BCUT2D eigenvalue weighted by Gasteiger charge is 2.41. The maximum Gasteiger partial charge on any atom is 0.136 e. The van der Waals surface area contributed by atoms with Gasteiger partial charge < -0.3 is 9.53 Å². The first kappa shape index (κ1) is 11.5. The largest absolute Gasteiger partial charge is 0.372 e. The van der Waals surface area contributed by atoms with Crippen molar-refractivity contribution in [3.8, 4) is 0 Å². The van der Waals surface area contributed by atoms with E-state index in [1.807, 2.05) is 11.8 Å². The molecule has 2 saturated heterocycles. The average Bonchev–Trinajstić information content (AvgIpc) is 2.75. The molecule has 2 atom stereocenters. The molecule has 2 aliphatic rings. The standard InChI is InChI=1S/C12H20O2S/c1-11(2)6-4-10(14-11)8-12(9-13)5-3-7-15-12/h9-10H,3-8H2,1-2H3. The zero-order valence-electron chi connectivity index (χ0n) is 9.62. The van der Waals surface area contributed by atoms with E-state index in [0.29, 0.717) is 6.10 Å². The monoisotopic (exact) mass is 228 g/mol. The molecule has 0 spiro atoms. The molecule has 0 radical (unpaired) electrons. The van der Waals surface area contributed by atoms with Crippen LogP contribution in [0.25, 0.3) is 0 Å². The fraction of sp³-hybridized carbons (Fsp3) is 0.917. The predicted octanol–water partition coefficient (Wildman–Crippen LogP) is 2.80. The smallest absolute Gasteiger partial charge is 0.136 e. The van der Waals surface area contributed by atoms with E-state index >= 15 is 0 Å². The van der Waals surface area contributed by atoms with Crippen molar-refractivity contribution >= 4 is 18.0 Å². The van der Waals surface area contributed by atoms with Crippen LogP contribution < -0.4 is 0 Å². The van der Waals surface area contributed by atoms with Gasteiger partial charge in [-0.25, -0.2) is 0 Å². The molecule has 0 amide bonds. The van der Waals surface area contributed by atoms with Gasteiger partial charge in [0.2, 0.25) is 0 Å². The van der Waals surface area contributed by atoms with E-state index in [2.05, 4.69) is 13.8 Å². The SMILES string of the molecule is CC1(C)CCC(CC2(C=O)CCCS2)O1. The molecular weight excluding hydrogens is 208 g/mol.